The molecule has 1 aliphatic heterocycles. The first-order valence-corrected chi connectivity index (χ1v) is 22.7. The van der Waals surface area contributed by atoms with Crippen molar-refractivity contribution in [3.8, 4) is 23.3 Å². The summed E-state index contributed by atoms with van der Waals surface area (Å²) in [6.07, 6.45) is 3.30. The van der Waals surface area contributed by atoms with Crippen LogP contribution in [-0.4, -0.2) is 130 Å². The number of primary amides is 2. The van der Waals surface area contributed by atoms with Crippen molar-refractivity contribution in [1.29, 1.82) is 0 Å². The molecule has 6 N–H and O–H groups in total. The van der Waals surface area contributed by atoms with E-state index in [0.29, 0.717) is 96.4 Å². The number of imidazole rings is 2. The zero-order valence-electron chi connectivity index (χ0n) is 40.6. The lowest BCUT2D eigenvalue weighted by molar-refractivity contribution is 0.0155. The van der Waals surface area contributed by atoms with Crippen LogP contribution >= 0.6 is 0 Å². The predicted molar refractivity (Wildman–Crippen MR) is 261 cm³/mol. The minimum atomic E-state index is -0.714. The number of hydrogen-bond donors (Lipinski definition) is 4. The number of hydrogen-bond acceptors (Lipinski definition) is 13. The van der Waals surface area contributed by atoms with E-state index in [0.717, 1.165) is 0 Å². The Balaban J connectivity index is 1.20. The number of aryl methyl sites for hydroxylation is 4. The molecule has 1 fully saturated rings. The number of aromatic nitrogens is 8. The molecule has 0 bridgehead atoms. The van der Waals surface area contributed by atoms with Crippen molar-refractivity contribution < 1.29 is 38.2 Å². The first-order valence-electron chi connectivity index (χ1n) is 22.7. The lowest BCUT2D eigenvalue weighted by atomic mass is 10.1. The summed E-state index contributed by atoms with van der Waals surface area (Å²) in [6.45, 7) is 16.6. The Morgan fingerprint density at radius 2 is 1.20 bits per heavy atom. The monoisotopic (exact) mass is 958 g/mol. The van der Waals surface area contributed by atoms with Crippen molar-refractivity contribution in [3.05, 3.63) is 82.5 Å². The van der Waals surface area contributed by atoms with E-state index in [1.54, 1.807) is 49.4 Å². The summed E-state index contributed by atoms with van der Waals surface area (Å²) in [7, 11) is 1.45. The van der Waals surface area contributed by atoms with E-state index in [9.17, 15) is 24.0 Å². The van der Waals surface area contributed by atoms with Crippen molar-refractivity contribution in [2.24, 2.45) is 11.5 Å². The molecule has 0 aliphatic carbocycles. The SMILES string of the molecule is CCn1nc(C)cc1C(=O)Nc1nc2cc(C(N)=O)cc(OC)c2n1C/C=C/Cn1c(NC(=O)c2cc(C)nn2CC)nc2cc(C(N)=O)cc(OCC#CCN3CCN(C(=O)OC(C)(C)C)CC3)c21. The number of carbonyl (C=O) groups is 5. The molecule has 1 aliphatic rings. The summed E-state index contributed by atoms with van der Waals surface area (Å²) >= 11 is 0. The van der Waals surface area contributed by atoms with Gasteiger partial charge in [0.15, 0.2) is 0 Å². The standard InChI is InChI=1S/C48H58N14O8/c1-9-61-35(23-29(3)55-61)43(65)53-45-51-33-25-31(41(49)63)27-37(68-8)39(33)59(45)16-11-12-17-60-40-34(52-46(60)54-44(66)36-24-30(4)56-62(36)10-2)26-32(42(50)64)28-38(40)69-22-14-13-15-57-18-20-58(21-19-57)47(67)70-48(5,6)7/h11-12,23-28H,9-10,15-22H2,1-8H3,(H2,49,63)(H2,50,64)(H,51,53,65)(H,52,54,66)/b12-11+. The number of benzene rings is 2. The van der Waals surface area contributed by atoms with Gasteiger partial charge in [-0.3, -0.25) is 44.1 Å². The number of ether oxygens (including phenoxy) is 3. The second-order valence-corrected chi connectivity index (χ2v) is 17.4. The zero-order chi connectivity index (χ0) is 50.4. The number of nitrogens with two attached hydrogens (primary N) is 2. The fourth-order valence-electron chi connectivity index (χ4n) is 7.93. The largest absolute Gasteiger partial charge is 0.494 e. The van der Waals surface area contributed by atoms with Gasteiger partial charge in [0, 0.05) is 63.5 Å². The average molecular weight is 959 g/mol. The second-order valence-electron chi connectivity index (χ2n) is 17.4. The molecule has 0 atom stereocenters. The highest BCUT2D eigenvalue weighted by Gasteiger charge is 2.27. The molecule has 5 heterocycles. The summed E-state index contributed by atoms with van der Waals surface area (Å²) in [5.41, 5.74) is 14.7. The third-order valence-electron chi connectivity index (χ3n) is 11.2. The molecule has 2 aromatic carbocycles. The van der Waals surface area contributed by atoms with Crippen LogP contribution in [0.3, 0.4) is 0 Å². The fourth-order valence-corrected chi connectivity index (χ4v) is 7.93. The highest BCUT2D eigenvalue weighted by atomic mass is 16.6. The van der Waals surface area contributed by atoms with Crippen LogP contribution in [0.15, 0.2) is 48.6 Å². The summed E-state index contributed by atoms with van der Waals surface area (Å²) in [6, 6.07) is 9.42. The maximum atomic E-state index is 13.9. The molecule has 7 rings (SSSR count). The normalized spacial score (nSPS) is 13.1. The number of allylic oxidation sites excluding steroid dienone is 2. The van der Waals surface area contributed by atoms with Gasteiger partial charge in [0.25, 0.3) is 11.8 Å². The van der Waals surface area contributed by atoms with Crippen LogP contribution in [0.1, 0.15) is 87.7 Å². The Morgan fingerprint density at radius 3 is 1.66 bits per heavy atom. The van der Waals surface area contributed by atoms with Gasteiger partial charge in [0.1, 0.15) is 46.1 Å². The van der Waals surface area contributed by atoms with Crippen LogP contribution in [0.4, 0.5) is 16.7 Å². The van der Waals surface area contributed by atoms with Crippen molar-refractivity contribution in [2.45, 2.75) is 80.2 Å². The maximum absolute atomic E-state index is 13.9. The van der Waals surface area contributed by atoms with Crippen LogP contribution in [-0.2, 0) is 30.9 Å². The van der Waals surface area contributed by atoms with E-state index in [1.807, 2.05) is 46.8 Å². The maximum Gasteiger partial charge on any atom is 0.410 e. The van der Waals surface area contributed by atoms with E-state index < -0.39 is 29.2 Å². The lowest BCUT2D eigenvalue weighted by Gasteiger charge is -2.34. The Hall–Kier alpha value is -8.19. The quantitative estimate of drug-likeness (QED) is 0.0778. The number of carbonyl (C=O) groups excluding carboxylic acids is 5. The van der Waals surface area contributed by atoms with E-state index >= 15 is 0 Å². The number of rotatable bonds is 16. The first kappa shape index (κ1) is 49.7. The molecule has 70 heavy (non-hydrogen) atoms. The molecule has 22 nitrogen and oxygen atoms in total. The van der Waals surface area contributed by atoms with Gasteiger partial charge in [0.05, 0.1) is 36.1 Å². The number of nitrogens with one attached hydrogen (secondary N) is 2. The highest BCUT2D eigenvalue weighted by molar-refractivity contribution is 6.05. The van der Waals surface area contributed by atoms with Crippen LogP contribution < -0.4 is 31.6 Å². The summed E-state index contributed by atoms with van der Waals surface area (Å²) in [4.78, 5) is 78.4. The van der Waals surface area contributed by atoms with Crippen molar-refractivity contribution in [1.82, 2.24) is 48.5 Å². The molecule has 5 amide bonds. The molecule has 368 valence electrons. The van der Waals surface area contributed by atoms with Crippen LogP contribution in [0.25, 0.3) is 22.1 Å². The molecule has 0 radical (unpaired) electrons. The number of nitrogens with zero attached hydrogens (tertiary/aromatic N) is 10. The highest BCUT2D eigenvalue weighted by Crippen LogP contribution is 2.33. The molecule has 1 saturated heterocycles. The second kappa shape index (κ2) is 21.0. The minimum absolute atomic E-state index is 0.0625. The van der Waals surface area contributed by atoms with Gasteiger partial charge >= 0.3 is 6.09 Å². The van der Waals surface area contributed by atoms with Gasteiger partial charge < -0.3 is 39.7 Å². The van der Waals surface area contributed by atoms with Crippen LogP contribution in [0.2, 0.25) is 0 Å². The van der Waals surface area contributed by atoms with E-state index in [4.69, 9.17) is 35.6 Å². The minimum Gasteiger partial charge on any atom is -0.494 e. The summed E-state index contributed by atoms with van der Waals surface area (Å²) in [5.74, 6) is 4.72. The summed E-state index contributed by atoms with van der Waals surface area (Å²) < 4.78 is 24.1. The third-order valence-corrected chi connectivity index (χ3v) is 11.2. The van der Waals surface area contributed by atoms with Crippen molar-refractivity contribution in [2.75, 3.05) is 57.1 Å². The molecule has 0 unspecified atom stereocenters. The van der Waals surface area contributed by atoms with Gasteiger partial charge in [-0.1, -0.05) is 24.0 Å². The van der Waals surface area contributed by atoms with Crippen molar-refractivity contribution >= 4 is 63.7 Å². The smallest absolute Gasteiger partial charge is 0.410 e. The van der Waals surface area contributed by atoms with E-state index in [2.05, 4.69) is 37.6 Å². The predicted octanol–water partition coefficient (Wildman–Crippen LogP) is 4.34. The topological polar surface area (TPSA) is 267 Å². The Labute approximate surface area is 403 Å². The van der Waals surface area contributed by atoms with Gasteiger partial charge in [-0.15, -0.1) is 0 Å². The number of fused-ring (bicyclic) bond motifs is 2. The van der Waals surface area contributed by atoms with Gasteiger partial charge in [-0.2, -0.15) is 10.2 Å². The van der Waals surface area contributed by atoms with Gasteiger partial charge in [0.2, 0.25) is 23.7 Å². The number of methoxy groups -OCH3 is 1. The zero-order valence-corrected chi connectivity index (χ0v) is 40.6. The molecule has 6 aromatic rings. The van der Waals surface area contributed by atoms with E-state index in [1.165, 1.54) is 31.4 Å². The number of piperazine rings is 1. The average Bonchev–Trinajstić information content (AvgIpc) is 4.08. The Bertz CT molecular complexity index is 3080. The van der Waals surface area contributed by atoms with Gasteiger partial charge in [-0.25, -0.2) is 14.8 Å². The molecule has 4 aromatic heterocycles. The number of amides is 5. The van der Waals surface area contributed by atoms with Gasteiger partial charge in [-0.05, 0) is 84.9 Å². The third kappa shape index (κ3) is 11.2. The molecular weight excluding hydrogens is 901 g/mol. The molecule has 0 saturated carbocycles. The Morgan fingerprint density at radius 1 is 0.714 bits per heavy atom. The molecule has 0 spiro atoms. The van der Waals surface area contributed by atoms with Crippen LogP contribution in [0.5, 0.6) is 11.5 Å². The first-order chi connectivity index (χ1) is 33.4. The van der Waals surface area contributed by atoms with Crippen LogP contribution in [0, 0.1) is 25.7 Å². The molecule has 22 heteroatoms. The Kier molecular flexibility index (Phi) is 14.9. The van der Waals surface area contributed by atoms with Crippen molar-refractivity contribution in [3.63, 3.8) is 0 Å². The summed E-state index contributed by atoms with van der Waals surface area (Å²) in [5, 5.41) is 14.7. The molecular formula is C48H58N14O8. The fraction of sp³-hybridized carbons (Fsp3) is 0.396. The number of anilines is 2. The lowest BCUT2D eigenvalue weighted by Crippen LogP contribution is -2.50. The van der Waals surface area contributed by atoms with E-state index in [-0.39, 0.29) is 54.6 Å².